The molecule has 2 rings (SSSR count). The molecular formula is C13H17N3O4. The normalized spacial score (nSPS) is 21.5. The average Bonchev–Trinajstić information content (AvgIpc) is 2.83. The van der Waals surface area contributed by atoms with Crippen LogP contribution in [-0.4, -0.2) is 29.0 Å². The molecule has 1 heterocycles. The van der Waals surface area contributed by atoms with Gasteiger partial charge in [-0.1, -0.05) is 13.3 Å². The van der Waals surface area contributed by atoms with Crippen LogP contribution < -0.4 is 5.32 Å². The summed E-state index contributed by atoms with van der Waals surface area (Å²) in [6.45, 7) is 2.10. The zero-order chi connectivity index (χ0) is 14.7. The maximum Gasteiger partial charge on any atom is 0.356 e. The molecular weight excluding hydrogens is 262 g/mol. The van der Waals surface area contributed by atoms with Gasteiger partial charge in [0.15, 0.2) is 5.69 Å². The summed E-state index contributed by atoms with van der Waals surface area (Å²) in [7, 11) is 1.25. The van der Waals surface area contributed by atoms with Gasteiger partial charge in [-0.2, -0.15) is 0 Å². The van der Waals surface area contributed by atoms with Crippen molar-refractivity contribution in [3.05, 3.63) is 27.9 Å². The SMILES string of the molecule is COC(=O)c1ccc([N+](=O)[O-])c(NC2CCCC2C)n1. The van der Waals surface area contributed by atoms with E-state index >= 15 is 0 Å². The molecule has 0 bridgehead atoms. The minimum Gasteiger partial charge on any atom is -0.464 e. The Morgan fingerprint density at radius 1 is 1.50 bits per heavy atom. The average molecular weight is 279 g/mol. The monoisotopic (exact) mass is 279 g/mol. The van der Waals surface area contributed by atoms with Crippen molar-refractivity contribution in [3.63, 3.8) is 0 Å². The van der Waals surface area contributed by atoms with E-state index in [1.165, 1.54) is 19.2 Å². The molecule has 7 nitrogen and oxygen atoms in total. The number of carbonyl (C=O) groups excluding carboxylic acids is 1. The van der Waals surface area contributed by atoms with Crippen LogP contribution >= 0.6 is 0 Å². The highest BCUT2D eigenvalue weighted by Gasteiger charge is 2.27. The molecule has 1 saturated carbocycles. The molecule has 2 atom stereocenters. The van der Waals surface area contributed by atoms with E-state index in [1.807, 2.05) is 0 Å². The molecule has 0 aliphatic heterocycles. The Kier molecular flexibility index (Phi) is 4.16. The van der Waals surface area contributed by atoms with E-state index in [0.29, 0.717) is 5.92 Å². The number of hydrogen-bond donors (Lipinski definition) is 1. The van der Waals surface area contributed by atoms with Crippen molar-refractivity contribution in [3.8, 4) is 0 Å². The molecule has 1 aliphatic rings. The van der Waals surface area contributed by atoms with Crippen molar-refractivity contribution in [2.24, 2.45) is 5.92 Å². The Balaban J connectivity index is 2.31. The van der Waals surface area contributed by atoms with Gasteiger partial charge in [0.05, 0.1) is 12.0 Å². The smallest absolute Gasteiger partial charge is 0.356 e. The number of carbonyl (C=O) groups is 1. The largest absolute Gasteiger partial charge is 0.464 e. The van der Waals surface area contributed by atoms with Gasteiger partial charge in [0.1, 0.15) is 0 Å². The van der Waals surface area contributed by atoms with Gasteiger partial charge in [-0.15, -0.1) is 0 Å². The summed E-state index contributed by atoms with van der Waals surface area (Å²) in [6.07, 6.45) is 3.12. The van der Waals surface area contributed by atoms with Crippen LogP contribution in [0.1, 0.15) is 36.7 Å². The van der Waals surface area contributed by atoms with E-state index in [9.17, 15) is 14.9 Å². The second-order valence-electron chi connectivity index (χ2n) is 4.97. The Bertz CT molecular complexity index is 532. The molecule has 7 heteroatoms. The third kappa shape index (κ3) is 2.87. The zero-order valence-electron chi connectivity index (χ0n) is 11.5. The second kappa shape index (κ2) is 5.85. The minimum atomic E-state index is -0.609. The van der Waals surface area contributed by atoms with Crippen LogP contribution in [0.25, 0.3) is 0 Å². The van der Waals surface area contributed by atoms with Crippen molar-refractivity contribution in [1.82, 2.24) is 4.98 Å². The summed E-state index contributed by atoms with van der Waals surface area (Å²) in [5, 5.41) is 14.1. The lowest BCUT2D eigenvalue weighted by Crippen LogP contribution is -2.23. The predicted octanol–water partition coefficient (Wildman–Crippen LogP) is 2.38. The first-order valence-corrected chi connectivity index (χ1v) is 6.53. The summed E-state index contributed by atoms with van der Waals surface area (Å²) in [5.41, 5.74) is -0.0667. The molecule has 20 heavy (non-hydrogen) atoms. The molecule has 1 fully saturated rings. The second-order valence-corrected chi connectivity index (χ2v) is 4.97. The fourth-order valence-corrected chi connectivity index (χ4v) is 2.46. The Morgan fingerprint density at radius 3 is 2.80 bits per heavy atom. The Labute approximate surface area is 116 Å². The van der Waals surface area contributed by atoms with Crippen molar-refractivity contribution >= 4 is 17.5 Å². The standard InChI is InChI=1S/C13H17N3O4/c1-8-4-3-5-9(8)14-12-11(16(18)19)7-6-10(15-12)13(17)20-2/h6-9H,3-5H2,1-2H3,(H,14,15). The van der Waals surface area contributed by atoms with E-state index in [4.69, 9.17) is 0 Å². The van der Waals surface area contributed by atoms with Gasteiger partial charge in [-0.25, -0.2) is 9.78 Å². The fourth-order valence-electron chi connectivity index (χ4n) is 2.46. The lowest BCUT2D eigenvalue weighted by atomic mass is 10.1. The molecule has 0 amide bonds. The molecule has 108 valence electrons. The number of pyridine rings is 1. The van der Waals surface area contributed by atoms with Crippen molar-refractivity contribution in [1.29, 1.82) is 0 Å². The van der Waals surface area contributed by atoms with Gasteiger partial charge in [-0.05, 0) is 24.8 Å². The summed E-state index contributed by atoms with van der Waals surface area (Å²) in [5.74, 6) is -0.0442. The quantitative estimate of drug-likeness (QED) is 0.516. The molecule has 0 radical (unpaired) electrons. The highest BCUT2D eigenvalue weighted by molar-refractivity contribution is 5.88. The van der Waals surface area contributed by atoms with Gasteiger partial charge < -0.3 is 10.1 Å². The van der Waals surface area contributed by atoms with Crippen LogP contribution in [-0.2, 0) is 4.74 Å². The van der Waals surface area contributed by atoms with Crippen LogP contribution in [0.4, 0.5) is 11.5 Å². The van der Waals surface area contributed by atoms with Crippen LogP contribution in [0.15, 0.2) is 12.1 Å². The highest BCUT2D eigenvalue weighted by Crippen LogP contribution is 2.30. The number of anilines is 1. The molecule has 1 aliphatic carbocycles. The number of nitrogens with zero attached hydrogens (tertiary/aromatic N) is 2. The van der Waals surface area contributed by atoms with Crippen LogP contribution in [0, 0.1) is 16.0 Å². The minimum absolute atomic E-state index is 0.0613. The van der Waals surface area contributed by atoms with E-state index in [2.05, 4.69) is 22.0 Å². The first-order valence-electron chi connectivity index (χ1n) is 6.53. The lowest BCUT2D eigenvalue weighted by molar-refractivity contribution is -0.384. The maximum atomic E-state index is 11.5. The van der Waals surface area contributed by atoms with E-state index in [0.717, 1.165) is 19.3 Å². The summed E-state index contributed by atoms with van der Waals surface area (Å²) < 4.78 is 4.58. The van der Waals surface area contributed by atoms with E-state index in [-0.39, 0.29) is 23.2 Å². The van der Waals surface area contributed by atoms with E-state index < -0.39 is 10.9 Å². The summed E-state index contributed by atoms with van der Waals surface area (Å²) in [6, 6.07) is 2.73. The number of aromatic nitrogens is 1. The van der Waals surface area contributed by atoms with E-state index in [1.54, 1.807) is 0 Å². The number of methoxy groups -OCH3 is 1. The van der Waals surface area contributed by atoms with Gasteiger partial charge in [-0.3, -0.25) is 10.1 Å². The van der Waals surface area contributed by atoms with Crippen molar-refractivity contribution in [2.45, 2.75) is 32.2 Å². The Hall–Kier alpha value is -2.18. The predicted molar refractivity (Wildman–Crippen MR) is 72.7 cm³/mol. The van der Waals surface area contributed by atoms with Crippen LogP contribution in [0.3, 0.4) is 0 Å². The van der Waals surface area contributed by atoms with Gasteiger partial charge >= 0.3 is 11.7 Å². The zero-order valence-corrected chi connectivity index (χ0v) is 11.5. The molecule has 0 spiro atoms. The Morgan fingerprint density at radius 2 is 2.25 bits per heavy atom. The topological polar surface area (TPSA) is 94.4 Å². The molecule has 0 aromatic carbocycles. The molecule has 2 unspecified atom stereocenters. The third-order valence-electron chi connectivity index (χ3n) is 3.65. The number of esters is 1. The number of nitrogens with one attached hydrogen (secondary N) is 1. The molecule has 1 N–H and O–H groups in total. The maximum absolute atomic E-state index is 11.5. The first kappa shape index (κ1) is 14.2. The van der Waals surface area contributed by atoms with Gasteiger partial charge in [0.25, 0.3) is 0 Å². The van der Waals surface area contributed by atoms with Crippen LogP contribution in [0.5, 0.6) is 0 Å². The number of hydrogen-bond acceptors (Lipinski definition) is 6. The van der Waals surface area contributed by atoms with Crippen LogP contribution in [0.2, 0.25) is 0 Å². The molecule has 0 saturated heterocycles. The molecule has 1 aromatic heterocycles. The fraction of sp³-hybridized carbons (Fsp3) is 0.538. The van der Waals surface area contributed by atoms with Crippen molar-refractivity contribution in [2.75, 3.05) is 12.4 Å². The highest BCUT2D eigenvalue weighted by atomic mass is 16.6. The summed E-state index contributed by atoms with van der Waals surface area (Å²) >= 11 is 0. The van der Waals surface area contributed by atoms with Gasteiger partial charge in [0, 0.05) is 12.1 Å². The van der Waals surface area contributed by atoms with Gasteiger partial charge in [0.2, 0.25) is 5.82 Å². The first-order chi connectivity index (χ1) is 9.52. The number of ether oxygens (including phenoxy) is 1. The molecule has 1 aromatic rings. The lowest BCUT2D eigenvalue weighted by Gasteiger charge is -2.18. The third-order valence-corrected chi connectivity index (χ3v) is 3.65. The number of rotatable bonds is 4. The van der Waals surface area contributed by atoms with Crippen molar-refractivity contribution < 1.29 is 14.5 Å². The summed E-state index contributed by atoms with van der Waals surface area (Å²) in [4.78, 5) is 26.0. The number of nitro groups is 1.